The second-order valence-electron chi connectivity index (χ2n) is 4.75. The maximum atomic E-state index is 4.80. The van der Waals surface area contributed by atoms with Gasteiger partial charge in [0, 0.05) is 18.5 Å². The Bertz CT molecular complexity index is 338. The van der Waals surface area contributed by atoms with Crippen LogP contribution in [0.5, 0.6) is 0 Å². The third-order valence-corrected chi connectivity index (χ3v) is 4.47. The predicted molar refractivity (Wildman–Crippen MR) is 68.2 cm³/mol. The molecule has 0 spiro atoms. The molecular weight excluding hydrogens is 218 g/mol. The van der Waals surface area contributed by atoms with Crippen molar-refractivity contribution < 1.29 is 0 Å². The van der Waals surface area contributed by atoms with Crippen molar-refractivity contribution in [1.29, 1.82) is 0 Å². The fourth-order valence-electron chi connectivity index (χ4n) is 2.60. The Morgan fingerprint density at radius 3 is 2.88 bits per heavy atom. The molecule has 1 N–H and O–H groups in total. The lowest BCUT2D eigenvalue weighted by Gasteiger charge is -2.25. The summed E-state index contributed by atoms with van der Waals surface area (Å²) in [7, 11) is 0. The van der Waals surface area contributed by atoms with Crippen molar-refractivity contribution in [3.8, 4) is 0 Å². The van der Waals surface area contributed by atoms with Gasteiger partial charge in [0.15, 0.2) is 5.13 Å². The Balaban J connectivity index is 1.71. The van der Waals surface area contributed by atoms with Crippen molar-refractivity contribution in [3.63, 3.8) is 0 Å². The molecule has 2 fully saturated rings. The van der Waals surface area contributed by atoms with Crippen LogP contribution in [-0.2, 0) is 0 Å². The number of anilines is 1. The third-order valence-electron chi connectivity index (χ3n) is 3.55. The van der Waals surface area contributed by atoms with E-state index >= 15 is 0 Å². The number of hydrogen-bond acceptors (Lipinski definition) is 4. The van der Waals surface area contributed by atoms with E-state index in [-0.39, 0.29) is 0 Å². The second-order valence-corrected chi connectivity index (χ2v) is 5.59. The number of thiazole rings is 1. The van der Waals surface area contributed by atoms with E-state index in [2.05, 4.69) is 15.6 Å². The summed E-state index contributed by atoms with van der Waals surface area (Å²) < 4.78 is 0. The van der Waals surface area contributed by atoms with Crippen LogP contribution in [0.3, 0.4) is 0 Å². The van der Waals surface area contributed by atoms with Crippen LogP contribution in [0.1, 0.15) is 43.8 Å². The number of nitrogens with one attached hydrogen (secondary N) is 1. The van der Waals surface area contributed by atoms with E-state index < -0.39 is 0 Å². The Morgan fingerprint density at radius 1 is 1.25 bits per heavy atom. The topological polar surface area (TPSA) is 28.2 Å². The molecule has 88 valence electrons. The summed E-state index contributed by atoms with van der Waals surface area (Å²) in [5.74, 6) is 0. The molecule has 1 atom stereocenters. The van der Waals surface area contributed by atoms with Crippen molar-refractivity contribution in [2.24, 2.45) is 0 Å². The van der Waals surface area contributed by atoms with Gasteiger partial charge in [0.1, 0.15) is 0 Å². The molecule has 0 aliphatic carbocycles. The van der Waals surface area contributed by atoms with E-state index in [1.807, 2.05) is 11.3 Å². The molecule has 4 heteroatoms. The first-order valence-corrected chi connectivity index (χ1v) is 7.25. The minimum atomic E-state index is 0.523. The van der Waals surface area contributed by atoms with E-state index in [1.165, 1.54) is 56.0 Å². The zero-order valence-corrected chi connectivity index (χ0v) is 10.4. The van der Waals surface area contributed by atoms with Crippen molar-refractivity contribution in [2.45, 2.75) is 38.1 Å². The van der Waals surface area contributed by atoms with E-state index in [4.69, 9.17) is 4.98 Å². The molecule has 2 saturated heterocycles. The Hall–Kier alpha value is -0.610. The molecule has 16 heavy (non-hydrogen) atoms. The summed E-state index contributed by atoms with van der Waals surface area (Å²) in [6.45, 7) is 3.55. The molecule has 0 radical (unpaired) electrons. The van der Waals surface area contributed by atoms with Crippen LogP contribution in [-0.4, -0.2) is 24.6 Å². The summed E-state index contributed by atoms with van der Waals surface area (Å²) >= 11 is 1.82. The average Bonchev–Trinajstić information content (AvgIpc) is 3.01. The normalized spacial score (nSPS) is 26.2. The monoisotopic (exact) mass is 237 g/mol. The summed E-state index contributed by atoms with van der Waals surface area (Å²) in [5.41, 5.74) is 1.27. The number of nitrogens with zero attached hydrogens (tertiary/aromatic N) is 2. The lowest BCUT2D eigenvalue weighted by molar-refractivity contribution is 0.573. The molecule has 1 aromatic heterocycles. The summed E-state index contributed by atoms with van der Waals surface area (Å²) in [5, 5.41) is 7.00. The molecule has 3 nitrogen and oxygen atoms in total. The first-order valence-electron chi connectivity index (χ1n) is 6.37. The molecule has 0 saturated carbocycles. The molecule has 0 unspecified atom stereocenters. The largest absolute Gasteiger partial charge is 0.348 e. The Kier molecular flexibility index (Phi) is 3.11. The number of rotatable bonds is 2. The van der Waals surface area contributed by atoms with Gasteiger partial charge in [-0.1, -0.05) is 0 Å². The van der Waals surface area contributed by atoms with Gasteiger partial charge in [0.25, 0.3) is 0 Å². The molecule has 1 aromatic rings. The van der Waals surface area contributed by atoms with Gasteiger partial charge < -0.3 is 10.2 Å². The van der Waals surface area contributed by atoms with Gasteiger partial charge >= 0.3 is 0 Å². The summed E-state index contributed by atoms with van der Waals surface area (Å²) in [6.07, 6.45) is 6.59. The molecular formula is C12H19N3S. The Labute approximate surface area is 101 Å². The standard InChI is InChI=1S/C12H19N3S/c1-2-7-15(8-3-1)12-14-11(9-16-12)10-5-4-6-13-10/h9-10,13H,1-8H2/t10-/m0/s1. The molecule has 2 aliphatic rings. The van der Waals surface area contributed by atoms with E-state index in [0.29, 0.717) is 6.04 Å². The Morgan fingerprint density at radius 2 is 2.12 bits per heavy atom. The van der Waals surface area contributed by atoms with Crippen molar-refractivity contribution >= 4 is 16.5 Å². The second kappa shape index (κ2) is 4.72. The number of piperidine rings is 1. The molecule has 0 amide bonds. The van der Waals surface area contributed by atoms with Crippen LogP contribution in [0, 0.1) is 0 Å². The minimum absolute atomic E-state index is 0.523. The SMILES string of the molecule is c1sc(N2CCCCC2)nc1[C@@H]1CCCN1. The van der Waals surface area contributed by atoms with Crippen LogP contribution in [0.4, 0.5) is 5.13 Å². The maximum absolute atomic E-state index is 4.80. The van der Waals surface area contributed by atoms with Gasteiger partial charge in [-0.2, -0.15) is 0 Å². The molecule has 3 heterocycles. The van der Waals surface area contributed by atoms with Crippen molar-refractivity contribution in [3.05, 3.63) is 11.1 Å². The van der Waals surface area contributed by atoms with Gasteiger partial charge in [-0.05, 0) is 38.6 Å². The number of aromatic nitrogens is 1. The first-order chi connectivity index (χ1) is 7.93. The molecule has 0 aromatic carbocycles. The number of hydrogen-bond donors (Lipinski definition) is 1. The van der Waals surface area contributed by atoms with Crippen molar-refractivity contribution in [1.82, 2.24) is 10.3 Å². The summed E-state index contributed by atoms with van der Waals surface area (Å²) in [4.78, 5) is 7.25. The van der Waals surface area contributed by atoms with Crippen LogP contribution in [0.25, 0.3) is 0 Å². The van der Waals surface area contributed by atoms with E-state index in [9.17, 15) is 0 Å². The van der Waals surface area contributed by atoms with Gasteiger partial charge in [-0.3, -0.25) is 0 Å². The van der Waals surface area contributed by atoms with Gasteiger partial charge in [0.05, 0.1) is 11.7 Å². The highest BCUT2D eigenvalue weighted by atomic mass is 32.1. The smallest absolute Gasteiger partial charge is 0.185 e. The van der Waals surface area contributed by atoms with E-state index in [0.717, 1.165) is 6.54 Å². The highest BCUT2D eigenvalue weighted by Crippen LogP contribution is 2.29. The van der Waals surface area contributed by atoms with Crippen LogP contribution in [0.2, 0.25) is 0 Å². The maximum Gasteiger partial charge on any atom is 0.185 e. The van der Waals surface area contributed by atoms with Crippen LogP contribution >= 0.6 is 11.3 Å². The van der Waals surface area contributed by atoms with Gasteiger partial charge in [-0.25, -0.2) is 4.98 Å². The molecule has 0 bridgehead atoms. The zero-order valence-electron chi connectivity index (χ0n) is 9.61. The van der Waals surface area contributed by atoms with Crippen LogP contribution in [0.15, 0.2) is 5.38 Å². The lowest BCUT2D eigenvalue weighted by Crippen LogP contribution is -2.29. The first kappa shape index (κ1) is 10.5. The third kappa shape index (κ3) is 2.09. The van der Waals surface area contributed by atoms with E-state index in [1.54, 1.807) is 0 Å². The van der Waals surface area contributed by atoms with Crippen LogP contribution < -0.4 is 10.2 Å². The zero-order chi connectivity index (χ0) is 10.8. The molecule has 3 rings (SSSR count). The fourth-order valence-corrected chi connectivity index (χ4v) is 3.54. The fraction of sp³-hybridized carbons (Fsp3) is 0.750. The lowest BCUT2D eigenvalue weighted by atomic mass is 10.1. The van der Waals surface area contributed by atoms with Crippen molar-refractivity contribution in [2.75, 3.05) is 24.5 Å². The van der Waals surface area contributed by atoms with Gasteiger partial charge in [0.2, 0.25) is 0 Å². The average molecular weight is 237 g/mol. The highest BCUT2D eigenvalue weighted by Gasteiger charge is 2.21. The highest BCUT2D eigenvalue weighted by molar-refractivity contribution is 7.13. The summed E-state index contributed by atoms with van der Waals surface area (Å²) in [6, 6.07) is 0.523. The predicted octanol–water partition coefficient (Wildman–Crippen LogP) is 2.56. The quantitative estimate of drug-likeness (QED) is 0.857. The van der Waals surface area contributed by atoms with Gasteiger partial charge in [-0.15, -0.1) is 11.3 Å². The molecule has 2 aliphatic heterocycles. The minimum Gasteiger partial charge on any atom is -0.348 e.